The minimum absolute atomic E-state index is 0.237. The Morgan fingerprint density at radius 2 is 2.16 bits per heavy atom. The third kappa shape index (κ3) is 3.65. The molecule has 7 heteroatoms. The van der Waals surface area contributed by atoms with Gasteiger partial charge in [0.2, 0.25) is 5.13 Å². The summed E-state index contributed by atoms with van der Waals surface area (Å²) in [7, 11) is 3.85. The van der Waals surface area contributed by atoms with Crippen LogP contribution in [0.15, 0.2) is 27.4 Å². The molecule has 0 fully saturated rings. The van der Waals surface area contributed by atoms with Gasteiger partial charge >= 0.3 is 0 Å². The summed E-state index contributed by atoms with van der Waals surface area (Å²) < 4.78 is 14.1. The summed E-state index contributed by atoms with van der Waals surface area (Å²) in [5, 5.41) is 9.05. The lowest BCUT2D eigenvalue weighted by atomic mass is 10.1. The van der Waals surface area contributed by atoms with Crippen LogP contribution in [-0.4, -0.2) is 30.8 Å². The van der Waals surface area contributed by atoms with E-state index in [2.05, 4.69) is 10.2 Å². The fourth-order valence-corrected chi connectivity index (χ4v) is 3.38. The first-order chi connectivity index (χ1) is 9.10. The molecule has 2 N–H and O–H groups in total. The molecular formula is C12H15FN4S2. The normalized spacial score (nSPS) is 10.7. The van der Waals surface area contributed by atoms with Gasteiger partial charge in [-0.15, -0.1) is 10.2 Å². The van der Waals surface area contributed by atoms with E-state index in [0.29, 0.717) is 13.0 Å². The zero-order chi connectivity index (χ0) is 13.8. The molecule has 1 aromatic heterocycles. The van der Waals surface area contributed by atoms with Gasteiger partial charge in [-0.25, -0.2) is 4.39 Å². The molecule has 2 rings (SSSR count). The molecule has 0 aliphatic heterocycles. The van der Waals surface area contributed by atoms with Gasteiger partial charge in [0.25, 0.3) is 0 Å². The molecule has 4 nitrogen and oxygen atoms in total. The Labute approximate surface area is 119 Å². The third-order valence-corrected chi connectivity index (χ3v) is 4.67. The smallest absolute Gasteiger partial charge is 0.208 e. The highest BCUT2D eigenvalue weighted by atomic mass is 32.2. The minimum atomic E-state index is -0.237. The van der Waals surface area contributed by atoms with Gasteiger partial charge in [0, 0.05) is 19.0 Å². The van der Waals surface area contributed by atoms with E-state index in [0.717, 1.165) is 19.9 Å². The summed E-state index contributed by atoms with van der Waals surface area (Å²) >= 11 is 3.01. The Kier molecular flexibility index (Phi) is 4.73. The summed E-state index contributed by atoms with van der Waals surface area (Å²) in [5.41, 5.74) is 6.46. The van der Waals surface area contributed by atoms with E-state index in [1.54, 1.807) is 6.07 Å². The van der Waals surface area contributed by atoms with Crippen LogP contribution in [-0.2, 0) is 6.42 Å². The van der Waals surface area contributed by atoms with Crippen molar-refractivity contribution in [2.75, 3.05) is 25.5 Å². The molecule has 0 saturated heterocycles. The summed E-state index contributed by atoms with van der Waals surface area (Å²) in [6.45, 7) is 0.496. The zero-order valence-electron chi connectivity index (χ0n) is 10.8. The second-order valence-corrected chi connectivity index (χ2v) is 6.38. The third-order valence-electron chi connectivity index (χ3n) is 2.41. The molecule has 19 heavy (non-hydrogen) atoms. The molecule has 0 saturated carbocycles. The van der Waals surface area contributed by atoms with Crippen LogP contribution in [0.2, 0.25) is 0 Å². The lowest BCUT2D eigenvalue weighted by Gasteiger charge is -2.06. The summed E-state index contributed by atoms with van der Waals surface area (Å²) in [4.78, 5) is 2.89. The van der Waals surface area contributed by atoms with E-state index in [4.69, 9.17) is 5.73 Å². The molecule has 0 aliphatic carbocycles. The number of hydrogen-bond acceptors (Lipinski definition) is 6. The maximum atomic E-state index is 13.2. The van der Waals surface area contributed by atoms with Crippen molar-refractivity contribution in [1.29, 1.82) is 0 Å². The summed E-state index contributed by atoms with van der Waals surface area (Å²) in [6.07, 6.45) is 0.652. The zero-order valence-corrected chi connectivity index (χ0v) is 12.4. The Hall–Kier alpha value is -1.18. The molecule has 1 heterocycles. The van der Waals surface area contributed by atoms with Crippen LogP contribution in [0.5, 0.6) is 0 Å². The highest BCUT2D eigenvalue weighted by molar-refractivity contribution is 8.01. The largest absolute Gasteiger partial charge is 0.353 e. The molecular weight excluding hydrogens is 283 g/mol. The van der Waals surface area contributed by atoms with Crippen LogP contribution in [0, 0.1) is 5.82 Å². The van der Waals surface area contributed by atoms with Crippen molar-refractivity contribution in [2.24, 2.45) is 5.73 Å². The highest BCUT2D eigenvalue weighted by Gasteiger charge is 2.10. The fourth-order valence-electron chi connectivity index (χ4n) is 1.52. The summed E-state index contributed by atoms with van der Waals surface area (Å²) in [6, 6.07) is 4.75. The molecule has 2 aromatic rings. The number of nitrogens with two attached hydrogens (primary N) is 1. The fraction of sp³-hybridized carbons (Fsp3) is 0.333. The van der Waals surface area contributed by atoms with E-state index in [-0.39, 0.29) is 5.82 Å². The van der Waals surface area contributed by atoms with E-state index in [1.807, 2.05) is 19.0 Å². The SMILES string of the molecule is CN(C)c1nnc(Sc2ccc(F)cc2CCN)s1. The molecule has 0 amide bonds. The first-order valence-corrected chi connectivity index (χ1v) is 7.40. The van der Waals surface area contributed by atoms with E-state index < -0.39 is 0 Å². The van der Waals surface area contributed by atoms with Crippen LogP contribution in [0.25, 0.3) is 0 Å². The molecule has 0 bridgehead atoms. The standard InChI is InChI=1S/C12H15FN4S2/c1-17(2)11-15-16-12(19-11)18-10-4-3-9(13)7-8(10)5-6-14/h3-4,7H,5-6,14H2,1-2H3. The summed E-state index contributed by atoms with van der Waals surface area (Å²) in [5.74, 6) is -0.237. The predicted octanol–water partition coefficient (Wildman–Crippen LogP) is 2.40. The lowest BCUT2D eigenvalue weighted by molar-refractivity contribution is 0.623. The minimum Gasteiger partial charge on any atom is -0.353 e. The van der Waals surface area contributed by atoms with Gasteiger partial charge in [0.1, 0.15) is 5.82 Å². The number of aromatic nitrogens is 2. The number of rotatable bonds is 5. The molecule has 0 radical (unpaired) electrons. The van der Waals surface area contributed by atoms with Gasteiger partial charge in [-0.3, -0.25) is 0 Å². The van der Waals surface area contributed by atoms with Crippen molar-refractivity contribution in [3.05, 3.63) is 29.6 Å². The van der Waals surface area contributed by atoms with Crippen LogP contribution in [0.1, 0.15) is 5.56 Å². The predicted molar refractivity (Wildman–Crippen MR) is 77.5 cm³/mol. The van der Waals surface area contributed by atoms with E-state index in [9.17, 15) is 4.39 Å². The number of hydrogen-bond donors (Lipinski definition) is 1. The van der Waals surface area contributed by atoms with Crippen LogP contribution >= 0.6 is 23.1 Å². The van der Waals surface area contributed by atoms with Crippen molar-refractivity contribution in [3.8, 4) is 0 Å². The number of halogens is 1. The lowest BCUT2D eigenvalue weighted by Crippen LogP contribution is -2.07. The maximum Gasteiger partial charge on any atom is 0.208 e. The topological polar surface area (TPSA) is 55.0 Å². The van der Waals surface area contributed by atoms with Gasteiger partial charge in [0.15, 0.2) is 4.34 Å². The van der Waals surface area contributed by atoms with Crippen molar-refractivity contribution in [2.45, 2.75) is 15.7 Å². The van der Waals surface area contributed by atoms with Crippen molar-refractivity contribution >= 4 is 28.2 Å². The van der Waals surface area contributed by atoms with Gasteiger partial charge in [-0.05, 0) is 36.7 Å². The Bertz CT molecular complexity index is 556. The molecule has 0 spiro atoms. The average molecular weight is 298 g/mol. The van der Waals surface area contributed by atoms with Gasteiger partial charge in [0.05, 0.1) is 0 Å². The monoisotopic (exact) mass is 298 g/mol. The molecule has 0 atom stereocenters. The number of benzene rings is 1. The molecule has 0 aliphatic rings. The van der Waals surface area contributed by atoms with E-state index >= 15 is 0 Å². The second-order valence-electron chi connectivity index (χ2n) is 4.14. The van der Waals surface area contributed by atoms with Crippen molar-refractivity contribution in [1.82, 2.24) is 10.2 Å². The van der Waals surface area contributed by atoms with Crippen LogP contribution in [0.3, 0.4) is 0 Å². The molecule has 0 unspecified atom stereocenters. The van der Waals surface area contributed by atoms with E-state index in [1.165, 1.54) is 35.2 Å². The highest BCUT2D eigenvalue weighted by Crippen LogP contribution is 2.34. The number of anilines is 1. The molecule has 1 aromatic carbocycles. The van der Waals surface area contributed by atoms with Gasteiger partial charge in [-0.1, -0.05) is 23.1 Å². The Morgan fingerprint density at radius 1 is 1.37 bits per heavy atom. The second kappa shape index (κ2) is 6.31. The first kappa shape index (κ1) is 14.2. The van der Waals surface area contributed by atoms with Gasteiger partial charge < -0.3 is 10.6 Å². The van der Waals surface area contributed by atoms with Gasteiger partial charge in [-0.2, -0.15) is 0 Å². The maximum absolute atomic E-state index is 13.2. The number of nitrogens with zero attached hydrogens (tertiary/aromatic N) is 3. The quantitative estimate of drug-likeness (QED) is 0.918. The average Bonchev–Trinajstić information content (AvgIpc) is 2.82. The van der Waals surface area contributed by atoms with Crippen LogP contribution in [0.4, 0.5) is 9.52 Å². The first-order valence-electron chi connectivity index (χ1n) is 5.77. The molecule has 102 valence electrons. The Morgan fingerprint density at radius 3 is 2.79 bits per heavy atom. The van der Waals surface area contributed by atoms with Crippen molar-refractivity contribution in [3.63, 3.8) is 0 Å². The Balaban J connectivity index is 2.21. The van der Waals surface area contributed by atoms with Crippen molar-refractivity contribution < 1.29 is 4.39 Å². The van der Waals surface area contributed by atoms with Crippen LogP contribution < -0.4 is 10.6 Å².